The smallest absolute Gasteiger partial charge is 0.264 e. The number of nitrogens with one attached hydrogen (secondary N) is 1. The maximum absolute atomic E-state index is 14.0. The van der Waals surface area contributed by atoms with Gasteiger partial charge in [0.05, 0.1) is 10.6 Å². The summed E-state index contributed by atoms with van der Waals surface area (Å²) in [5, 5.41) is 3.61. The number of carbonyl (C=O) groups is 2. The number of amides is 2. The molecule has 218 valence electrons. The first-order chi connectivity index (χ1) is 19.5. The van der Waals surface area contributed by atoms with E-state index in [9.17, 15) is 22.4 Å². The number of halogens is 2. The first-order valence-electron chi connectivity index (χ1n) is 13.7. The summed E-state index contributed by atoms with van der Waals surface area (Å²) in [6, 6.07) is 17.3. The maximum Gasteiger partial charge on any atom is 0.264 e. The van der Waals surface area contributed by atoms with E-state index < -0.39 is 34.3 Å². The van der Waals surface area contributed by atoms with Crippen molar-refractivity contribution in [3.05, 3.63) is 94.8 Å². The lowest BCUT2D eigenvalue weighted by Gasteiger charge is -2.33. The first-order valence-corrected chi connectivity index (χ1v) is 15.6. The van der Waals surface area contributed by atoms with Crippen LogP contribution in [0.3, 0.4) is 0 Å². The summed E-state index contributed by atoms with van der Waals surface area (Å²) < 4.78 is 42.2. The van der Waals surface area contributed by atoms with E-state index in [2.05, 4.69) is 5.32 Å². The molecule has 2 amide bonds. The molecule has 0 spiro atoms. The summed E-state index contributed by atoms with van der Waals surface area (Å²) in [5.41, 5.74) is 1.93. The van der Waals surface area contributed by atoms with Gasteiger partial charge in [0, 0.05) is 17.6 Å². The van der Waals surface area contributed by atoms with Crippen LogP contribution in [0, 0.1) is 12.7 Å². The van der Waals surface area contributed by atoms with E-state index in [0.29, 0.717) is 5.02 Å². The van der Waals surface area contributed by atoms with Crippen molar-refractivity contribution in [2.45, 2.75) is 69.5 Å². The van der Waals surface area contributed by atoms with Crippen molar-refractivity contribution in [2.75, 3.05) is 10.8 Å². The molecule has 0 radical (unpaired) electrons. The van der Waals surface area contributed by atoms with E-state index in [1.807, 2.05) is 6.92 Å². The number of nitrogens with zero attached hydrogens (tertiary/aromatic N) is 2. The van der Waals surface area contributed by atoms with Crippen molar-refractivity contribution in [1.29, 1.82) is 0 Å². The Labute approximate surface area is 246 Å². The number of anilines is 1. The fraction of sp³-hybridized carbons (Fsp3) is 0.355. The molecule has 1 aliphatic carbocycles. The van der Waals surface area contributed by atoms with Crippen molar-refractivity contribution in [3.8, 4) is 0 Å². The molecular weight excluding hydrogens is 565 g/mol. The number of hydrogen-bond donors (Lipinski definition) is 1. The van der Waals surface area contributed by atoms with Gasteiger partial charge in [-0.25, -0.2) is 12.8 Å². The molecule has 0 saturated heterocycles. The Bertz CT molecular complexity index is 1440. The van der Waals surface area contributed by atoms with Crippen LogP contribution in [-0.4, -0.2) is 43.8 Å². The molecule has 3 aromatic rings. The van der Waals surface area contributed by atoms with Gasteiger partial charge in [-0.15, -0.1) is 0 Å². The van der Waals surface area contributed by atoms with Crippen molar-refractivity contribution >= 4 is 39.1 Å². The number of rotatable bonds is 10. The second-order valence-electron chi connectivity index (χ2n) is 10.5. The lowest BCUT2D eigenvalue weighted by molar-refractivity contribution is -0.139. The summed E-state index contributed by atoms with van der Waals surface area (Å²) in [6.07, 6.45) is 5.00. The largest absolute Gasteiger partial charge is 0.352 e. The molecule has 1 saturated carbocycles. The third kappa shape index (κ3) is 7.86. The average Bonchev–Trinajstić information content (AvgIpc) is 2.96. The van der Waals surface area contributed by atoms with Gasteiger partial charge in [0.2, 0.25) is 11.8 Å². The predicted molar refractivity (Wildman–Crippen MR) is 159 cm³/mol. The van der Waals surface area contributed by atoms with Crippen LogP contribution in [0.5, 0.6) is 0 Å². The minimum atomic E-state index is -4.26. The van der Waals surface area contributed by atoms with Gasteiger partial charge in [-0.3, -0.25) is 13.9 Å². The SMILES string of the molecule is Cc1ccc(N(CC(=O)N(Cc2ccc(Cl)cc2)[C@H](C)C(=O)NC2CCCCC2)S(=O)(=O)c2ccc(F)cc2)cc1. The normalized spacial score (nSPS) is 14.7. The van der Waals surface area contributed by atoms with Gasteiger partial charge < -0.3 is 10.2 Å². The van der Waals surface area contributed by atoms with Gasteiger partial charge in [-0.05, 0) is 80.8 Å². The molecular formula is C31H35ClFN3O4S. The van der Waals surface area contributed by atoms with E-state index in [0.717, 1.165) is 59.7 Å². The van der Waals surface area contributed by atoms with Crippen LogP contribution in [0.15, 0.2) is 77.7 Å². The van der Waals surface area contributed by atoms with E-state index >= 15 is 0 Å². The zero-order chi connectivity index (χ0) is 29.6. The van der Waals surface area contributed by atoms with Gasteiger partial charge in [0.25, 0.3) is 10.0 Å². The lowest BCUT2D eigenvalue weighted by atomic mass is 9.95. The second-order valence-corrected chi connectivity index (χ2v) is 12.8. The Morgan fingerprint density at radius 1 is 0.951 bits per heavy atom. The first kappa shape index (κ1) is 30.5. The van der Waals surface area contributed by atoms with Crippen LogP contribution < -0.4 is 9.62 Å². The van der Waals surface area contributed by atoms with Crippen molar-refractivity contribution in [3.63, 3.8) is 0 Å². The van der Waals surface area contributed by atoms with Crippen LogP contribution in [0.4, 0.5) is 10.1 Å². The lowest BCUT2D eigenvalue weighted by Crippen LogP contribution is -2.53. The monoisotopic (exact) mass is 599 g/mol. The molecule has 41 heavy (non-hydrogen) atoms. The van der Waals surface area contributed by atoms with Crippen LogP contribution in [0.2, 0.25) is 5.02 Å². The number of hydrogen-bond acceptors (Lipinski definition) is 4. The molecule has 4 rings (SSSR count). The Kier molecular flexibility index (Phi) is 10.0. The van der Waals surface area contributed by atoms with Gasteiger partial charge in [0.15, 0.2) is 0 Å². The highest BCUT2D eigenvalue weighted by Gasteiger charge is 2.33. The minimum absolute atomic E-state index is 0.0501. The van der Waals surface area contributed by atoms with E-state index in [4.69, 9.17) is 11.6 Å². The Morgan fingerprint density at radius 2 is 1.56 bits per heavy atom. The highest BCUT2D eigenvalue weighted by Crippen LogP contribution is 2.26. The molecule has 1 fully saturated rings. The second kappa shape index (κ2) is 13.5. The highest BCUT2D eigenvalue weighted by molar-refractivity contribution is 7.92. The van der Waals surface area contributed by atoms with Crippen molar-refractivity contribution < 1.29 is 22.4 Å². The Balaban J connectivity index is 1.66. The van der Waals surface area contributed by atoms with Gasteiger partial charge in [0.1, 0.15) is 18.4 Å². The quantitative estimate of drug-likeness (QED) is 0.317. The van der Waals surface area contributed by atoms with Gasteiger partial charge >= 0.3 is 0 Å². The standard InChI is InChI=1S/C31H35ClFN3O4S/c1-22-8-16-28(17-9-22)36(41(39,40)29-18-14-26(33)15-19-29)21-30(37)35(20-24-10-12-25(32)13-11-24)23(2)31(38)34-27-6-4-3-5-7-27/h8-19,23,27H,3-7,20-21H2,1-2H3,(H,34,38)/t23-/m1/s1. The van der Waals surface area contributed by atoms with Crippen molar-refractivity contribution in [1.82, 2.24) is 10.2 Å². The van der Waals surface area contributed by atoms with E-state index in [1.165, 1.54) is 17.0 Å². The van der Waals surface area contributed by atoms with Crippen LogP contribution in [0.1, 0.15) is 50.2 Å². The molecule has 7 nitrogen and oxygen atoms in total. The fourth-order valence-electron chi connectivity index (χ4n) is 4.91. The summed E-state index contributed by atoms with van der Waals surface area (Å²) in [5.74, 6) is -1.42. The van der Waals surface area contributed by atoms with Crippen molar-refractivity contribution in [2.24, 2.45) is 0 Å². The third-order valence-electron chi connectivity index (χ3n) is 7.39. The maximum atomic E-state index is 14.0. The minimum Gasteiger partial charge on any atom is -0.352 e. The Morgan fingerprint density at radius 3 is 2.17 bits per heavy atom. The van der Waals surface area contributed by atoms with Crippen LogP contribution >= 0.6 is 11.6 Å². The molecule has 1 atom stereocenters. The molecule has 3 aromatic carbocycles. The van der Waals surface area contributed by atoms with Gasteiger partial charge in [-0.2, -0.15) is 0 Å². The molecule has 0 heterocycles. The topological polar surface area (TPSA) is 86.8 Å². The zero-order valence-electron chi connectivity index (χ0n) is 23.2. The number of carbonyl (C=O) groups excluding carboxylic acids is 2. The summed E-state index contributed by atoms with van der Waals surface area (Å²) >= 11 is 6.06. The molecule has 0 bridgehead atoms. The highest BCUT2D eigenvalue weighted by atomic mass is 35.5. The molecule has 0 aliphatic heterocycles. The average molecular weight is 600 g/mol. The number of aryl methyl sites for hydroxylation is 1. The molecule has 0 aromatic heterocycles. The molecule has 1 aliphatic rings. The molecule has 1 N–H and O–H groups in total. The van der Waals surface area contributed by atoms with Gasteiger partial charge in [-0.1, -0.05) is 60.7 Å². The van der Waals surface area contributed by atoms with E-state index in [-0.39, 0.29) is 29.1 Å². The predicted octanol–water partition coefficient (Wildman–Crippen LogP) is 5.85. The summed E-state index contributed by atoms with van der Waals surface area (Å²) in [7, 11) is -4.26. The summed E-state index contributed by atoms with van der Waals surface area (Å²) in [6.45, 7) is 3.04. The molecule has 10 heteroatoms. The third-order valence-corrected chi connectivity index (χ3v) is 9.43. The van der Waals surface area contributed by atoms with Crippen LogP contribution in [-0.2, 0) is 26.2 Å². The summed E-state index contributed by atoms with van der Waals surface area (Å²) in [4.78, 5) is 28.6. The number of benzene rings is 3. The van der Waals surface area contributed by atoms with Crippen LogP contribution in [0.25, 0.3) is 0 Å². The zero-order valence-corrected chi connectivity index (χ0v) is 24.8. The number of sulfonamides is 1. The Hall–Kier alpha value is -3.43. The van der Waals surface area contributed by atoms with E-state index in [1.54, 1.807) is 55.5 Å². The fourth-order valence-corrected chi connectivity index (χ4v) is 6.45. The molecule has 0 unspecified atom stereocenters.